The second kappa shape index (κ2) is 10.3. The third-order valence-corrected chi connectivity index (χ3v) is 5.82. The molecule has 0 bridgehead atoms. The van der Waals surface area contributed by atoms with Crippen LogP contribution in [0.25, 0.3) is 0 Å². The van der Waals surface area contributed by atoms with Gasteiger partial charge in [0.05, 0.1) is 24.5 Å². The zero-order valence-electron chi connectivity index (χ0n) is 15.3. The number of rotatable bonds is 9. The number of aromatic nitrogens is 1. The number of hydrogen-bond acceptors (Lipinski definition) is 6. The topological polar surface area (TPSA) is 68.3 Å². The molecule has 0 aliphatic heterocycles. The van der Waals surface area contributed by atoms with Crippen molar-refractivity contribution in [3.8, 4) is 0 Å². The minimum Gasteiger partial charge on any atom is -0.466 e. The van der Waals surface area contributed by atoms with Gasteiger partial charge in [-0.2, -0.15) is 0 Å². The highest BCUT2D eigenvalue weighted by Gasteiger charge is 2.13. The minimum absolute atomic E-state index is 0.0484. The lowest BCUT2D eigenvalue weighted by Gasteiger charge is -2.14. The summed E-state index contributed by atoms with van der Waals surface area (Å²) in [6.07, 6.45) is 1.92. The molecule has 1 heterocycles. The minimum atomic E-state index is -0.282. The second-order valence-corrected chi connectivity index (χ2v) is 7.66. The van der Waals surface area contributed by atoms with Gasteiger partial charge in [0.25, 0.3) is 0 Å². The molecule has 0 saturated carbocycles. The predicted octanol–water partition coefficient (Wildman–Crippen LogP) is 4.10. The van der Waals surface area contributed by atoms with Gasteiger partial charge in [0.15, 0.2) is 4.34 Å². The van der Waals surface area contributed by atoms with E-state index in [0.717, 1.165) is 34.0 Å². The van der Waals surface area contributed by atoms with Crippen LogP contribution in [-0.4, -0.2) is 29.2 Å². The number of carbonyl (C=O) groups excluding carboxylic acids is 2. The van der Waals surface area contributed by atoms with E-state index in [-0.39, 0.29) is 24.1 Å². The van der Waals surface area contributed by atoms with E-state index in [1.807, 2.05) is 23.6 Å². The first kappa shape index (κ1) is 20.5. The first-order valence-electron chi connectivity index (χ1n) is 8.70. The van der Waals surface area contributed by atoms with Gasteiger partial charge in [-0.3, -0.25) is 9.59 Å². The quantitative estimate of drug-likeness (QED) is 0.514. The van der Waals surface area contributed by atoms with Gasteiger partial charge in [0.2, 0.25) is 5.91 Å². The summed E-state index contributed by atoms with van der Waals surface area (Å²) in [5, 5.41) is 4.88. The highest BCUT2D eigenvalue weighted by molar-refractivity contribution is 8.01. The number of esters is 1. The molecule has 0 atom stereocenters. The zero-order chi connectivity index (χ0) is 18.9. The normalized spacial score (nSPS) is 10.6. The number of hydrogen-bond donors (Lipinski definition) is 1. The summed E-state index contributed by atoms with van der Waals surface area (Å²) in [6, 6.07) is 6.12. The highest BCUT2D eigenvalue weighted by Crippen LogP contribution is 2.25. The van der Waals surface area contributed by atoms with Crippen LogP contribution in [0.2, 0.25) is 0 Å². The van der Waals surface area contributed by atoms with Gasteiger partial charge in [0, 0.05) is 11.1 Å². The van der Waals surface area contributed by atoms with Crippen LogP contribution in [0.15, 0.2) is 27.9 Å². The molecule has 7 heteroatoms. The monoisotopic (exact) mass is 392 g/mol. The first-order chi connectivity index (χ1) is 12.6. The summed E-state index contributed by atoms with van der Waals surface area (Å²) in [5.74, 6) is -0.0452. The van der Waals surface area contributed by atoms with E-state index < -0.39 is 0 Å². The van der Waals surface area contributed by atoms with E-state index in [0.29, 0.717) is 12.3 Å². The summed E-state index contributed by atoms with van der Waals surface area (Å²) in [6.45, 7) is 6.31. The Balaban J connectivity index is 1.92. The van der Waals surface area contributed by atoms with Crippen molar-refractivity contribution in [1.82, 2.24) is 4.98 Å². The number of nitrogens with one attached hydrogen (secondary N) is 1. The number of nitrogens with zero attached hydrogens (tertiary/aromatic N) is 1. The Morgan fingerprint density at radius 2 is 1.88 bits per heavy atom. The lowest BCUT2D eigenvalue weighted by atomic mass is 10.0. The van der Waals surface area contributed by atoms with E-state index in [1.54, 1.807) is 6.92 Å². The number of thioether (sulfide) groups is 1. The molecule has 0 saturated heterocycles. The standard InChI is InChI=1S/C19H24N2O3S2/c1-4-13-8-7-9-14(5-2)18(13)21-16(22)12-26-19-20-15(11-25-19)10-17(23)24-6-3/h7-9,11H,4-6,10,12H2,1-3H3,(H,21,22). The van der Waals surface area contributed by atoms with Crippen molar-refractivity contribution in [2.75, 3.05) is 17.7 Å². The van der Waals surface area contributed by atoms with Gasteiger partial charge in [-0.25, -0.2) is 4.98 Å². The number of ether oxygens (including phenoxy) is 1. The molecule has 1 aromatic carbocycles. The number of para-hydroxylation sites is 1. The Bertz CT molecular complexity index is 737. The first-order valence-corrected chi connectivity index (χ1v) is 10.6. The number of amides is 1. The van der Waals surface area contributed by atoms with Gasteiger partial charge in [-0.1, -0.05) is 43.8 Å². The molecule has 5 nitrogen and oxygen atoms in total. The Hall–Kier alpha value is -1.86. The summed E-state index contributed by atoms with van der Waals surface area (Å²) < 4.78 is 5.69. The van der Waals surface area contributed by atoms with E-state index in [9.17, 15) is 9.59 Å². The fraction of sp³-hybridized carbons (Fsp3) is 0.421. The van der Waals surface area contributed by atoms with Crippen LogP contribution in [0.4, 0.5) is 5.69 Å². The van der Waals surface area contributed by atoms with E-state index >= 15 is 0 Å². The zero-order valence-corrected chi connectivity index (χ0v) is 17.0. The molecule has 2 aromatic rings. The molecular weight excluding hydrogens is 368 g/mol. The molecule has 0 radical (unpaired) electrons. The molecule has 26 heavy (non-hydrogen) atoms. The van der Waals surface area contributed by atoms with Gasteiger partial charge in [-0.05, 0) is 30.9 Å². The van der Waals surface area contributed by atoms with Crippen molar-refractivity contribution in [3.05, 3.63) is 40.4 Å². The maximum Gasteiger partial charge on any atom is 0.311 e. The van der Waals surface area contributed by atoms with Gasteiger partial charge in [-0.15, -0.1) is 11.3 Å². The van der Waals surface area contributed by atoms with Crippen LogP contribution in [0.5, 0.6) is 0 Å². The summed E-state index contributed by atoms with van der Waals surface area (Å²) in [5.41, 5.74) is 3.91. The fourth-order valence-electron chi connectivity index (χ4n) is 2.50. The predicted molar refractivity (Wildman–Crippen MR) is 107 cm³/mol. The summed E-state index contributed by atoms with van der Waals surface area (Å²) >= 11 is 2.82. The van der Waals surface area contributed by atoms with Gasteiger partial charge >= 0.3 is 5.97 Å². The van der Waals surface area contributed by atoms with Gasteiger partial charge < -0.3 is 10.1 Å². The average Bonchev–Trinajstić information content (AvgIpc) is 3.07. The maximum absolute atomic E-state index is 12.4. The average molecular weight is 393 g/mol. The number of benzene rings is 1. The third-order valence-electron chi connectivity index (χ3n) is 3.75. The molecule has 140 valence electrons. The molecule has 2 rings (SSSR count). The second-order valence-electron chi connectivity index (χ2n) is 5.58. The van der Waals surface area contributed by atoms with Crippen molar-refractivity contribution in [2.24, 2.45) is 0 Å². The van der Waals surface area contributed by atoms with Crippen molar-refractivity contribution >= 4 is 40.7 Å². The van der Waals surface area contributed by atoms with Gasteiger partial charge in [0.1, 0.15) is 0 Å². The Labute approximate surface area is 162 Å². The van der Waals surface area contributed by atoms with Crippen molar-refractivity contribution < 1.29 is 14.3 Å². The van der Waals surface area contributed by atoms with Crippen LogP contribution in [0, 0.1) is 0 Å². The molecule has 0 aliphatic carbocycles. The van der Waals surface area contributed by atoms with Crippen LogP contribution < -0.4 is 5.32 Å². The SMILES string of the molecule is CCOC(=O)Cc1csc(SCC(=O)Nc2c(CC)cccc2CC)n1. The molecule has 0 aliphatic rings. The largest absolute Gasteiger partial charge is 0.466 e. The number of thiazole rings is 1. The van der Waals surface area contributed by atoms with Crippen molar-refractivity contribution in [3.63, 3.8) is 0 Å². The van der Waals surface area contributed by atoms with E-state index in [2.05, 4.69) is 24.1 Å². The Morgan fingerprint density at radius 3 is 2.50 bits per heavy atom. The highest BCUT2D eigenvalue weighted by atomic mass is 32.2. The van der Waals surface area contributed by atoms with E-state index in [4.69, 9.17) is 4.74 Å². The van der Waals surface area contributed by atoms with Crippen LogP contribution >= 0.6 is 23.1 Å². The van der Waals surface area contributed by atoms with Crippen molar-refractivity contribution in [1.29, 1.82) is 0 Å². The summed E-state index contributed by atoms with van der Waals surface area (Å²) in [4.78, 5) is 28.2. The fourth-order valence-corrected chi connectivity index (χ4v) is 4.15. The molecule has 0 fully saturated rings. The molecule has 0 spiro atoms. The molecule has 1 aromatic heterocycles. The maximum atomic E-state index is 12.4. The summed E-state index contributed by atoms with van der Waals surface area (Å²) in [7, 11) is 0. The Morgan fingerprint density at radius 1 is 1.19 bits per heavy atom. The Kier molecular flexibility index (Phi) is 8.12. The molecule has 1 amide bonds. The van der Waals surface area contributed by atoms with Crippen LogP contribution in [-0.2, 0) is 33.6 Å². The van der Waals surface area contributed by atoms with Crippen LogP contribution in [0.1, 0.15) is 37.6 Å². The lowest BCUT2D eigenvalue weighted by Crippen LogP contribution is -2.16. The third kappa shape index (κ3) is 5.85. The van der Waals surface area contributed by atoms with E-state index in [1.165, 1.54) is 23.1 Å². The molecule has 0 unspecified atom stereocenters. The smallest absolute Gasteiger partial charge is 0.311 e. The number of carbonyl (C=O) groups is 2. The van der Waals surface area contributed by atoms with Crippen LogP contribution in [0.3, 0.4) is 0 Å². The molecule has 1 N–H and O–H groups in total. The number of anilines is 1. The lowest BCUT2D eigenvalue weighted by molar-refractivity contribution is -0.142. The number of aryl methyl sites for hydroxylation is 2. The van der Waals surface area contributed by atoms with Crippen molar-refractivity contribution in [2.45, 2.75) is 44.4 Å². The molecular formula is C19H24N2O3S2.